The predicted molar refractivity (Wildman–Crippen MR) is 156 cm³/mol. The van der Waals surface area contributed by atoms with Crippen LogP contribution in [-0.2, 0) is 0 Å². The van der Waals surface area contributed by atoms with E-state index in [0.717, 1.165) is 50.0 Å². The Bertz CT molecular complexity index is 1250. The van der Waals surface area contributed by atoms with Crippen LogP contribution < -0.4 is 4.74 Å². The fourth-order valence-electron chi connectivity index (χ4n) is 5.45. The van der Waals surface area contributed by atoms with Gasteiger partial charge in [-0.25, -0.2) is 8.78 Å². The molecule has 0 N–H and O–H groups in total. The molecule has 208 valence electrons. The molecule has 0 heterocycles. The van der Waals surface area contributed by atoms with Crippen molar-refractivity contribution in [3.05, 3.63) is 83.7 Å². The third kappa shape index (κ3) is 7.56. The van der Waals surface area contributed by atoms with Gasteiger partial charge in [0.05, 0.1) is 6.61 Å². The number of hydrogen-bond donors (Lipinski definition) is 0. The van der Waals surface area contributed by atoms with Crippen molar-refractivity contribution in [1.29, 1.82) is 0 Å². The third-order valence-corrected chi connectivity index (χ3v) is 7.88. The summed E-state index contributed by atoms with van der Waals surface area (Å²) >= 11 is 0. The van der Waals surface area contributed by atoms with E-state index >= 15 is 4.39 Å². The van der Waals surface area contributed by atoms with E-state index in [1.165, 1.54) is 49.8 Å². The minimum Gasteiger partial charge on any atom is -0.490 e. The van der Waals surface area contributed by atoms with Gasteiger partial charge in [0.15, 0.2) is 11.6 Å². The topological polar surface area (TPSA) is 9.23 Å². The summed E-state index contributed by atoms with van der Waals surface area (Å²) in [5.41, 5.74) is 4.06. The van der Waals surface area contributed by atoms with Gasteiger partial charge in [-0.3, -0.25) is 0 Å². The van der Waals surface area contributed by atoms with Crippen molar-refractivity contribution < 1.29 is 17.9 Å². The molecule has 1 aliphatic rings. The van der Waals surface area contributed by atoms with Crippen LogP contribution in [0.2, 0.25) is 0 Å². The summed E-state index contributed by atoms with van der Waals surface area (Å²) in [6, 6.07) is 15.4. The van der Waals surface area contributed by atoms with Gasteiger partial charge in [-0.1, -0.05) is 101 Å². The maximum atomic E-state index is 15.2. The molecule has 0 spiro atoms. The van der Waals surface area contributed by atoms with Crippen molar-refractivity contribution >= 4 is 5.57 Å². The number of hydrogen-bond acceptors (Lipinski definition) is 1. The number of rotatable bonds is 13. The summed E-state index contributed by atoms with van der Waals surface area (Å²) in [7, 11) is 0. The Morgan fingerprint density at radius 3 is 2.05 bits per heavy atom. The van der Waals surface area contributed by atoms with Gasteiger partial charge in [0.2, 0.25) is 5.82 Å². The predicted octanol–water partition coefficient (Wildman–Crippen LogP) is 11.2. The minimum absolute atomic E-state index is 0.0633. The summed E-state index contributed by atoms with van der Waals surface area (Å²) in [5.74, 6) is -1.49. The van der Waals surface area contributed by atoms with Crippen LogP contribution in [0.1, 0.15) is 90.0 Å². The molecule has 3 aromatic rings. The zero-order valence-corrected chi connectivity index (χ0v) is 23.4. The lowest BCUT2D eigenvalue weighted by molar-refractivity contribution is 0.285. The van der Waals surface area contributed by atoms with E-state index in [0.29, 0.717) is 23.3 Å². The van der Waals surface area contributed by atoms with Crippen LogP contribution in [0, 0.1) is 23.4 Å². The van der Waals surface area contributed by atoms with Crippen LogP contribution in [0.15, 0.2) is 60.7 Å². The summed E-state index contributed by atoms with van der Waals surface area (Å²) in [6.07, 6.45) is 14.7. The van der Waals surface area contributed by atoms with Gasteiger partial charge < -0.3 is 4.74 Å². The van der Waals surface area contributed by atoms with Crippen molar-refractivity contribution in [3.63, 3.8) is 0 Å². The molecule has 1 atom stereocenters. The molecule has 1 unspecified atom stereocenters. The highest BCUT2D eigenvalue weighted by atomic mass is 19.2. The Balaban J connectivity index is 1.42. The van der Waals surface area contributed by atoms with Gasteiger partial charge in [0, 0.05) is 11.1 Å². The van der Waals surface area contributed by atoms with Crippen molar-refractivity contribution in [1.82, 2.24) is 0 Å². The lowest BCUT2D eigenvalue weighted by Crippen LogP contribution is -2.05. The molecule has 0 saturated carbocycles. The summed E-state index contributed by atoms with van der Waals surface area (Å²) in [5, 5.41) is 0. The molecular formula is C35H41F3O. The molecule has 0 bridgehead atoms. The van der Waals surface area contributed by atoms with Gasteiger partial charge in [-0.15, -0.1) is 0 Å². The first-order valence-electron chi connectivity index (χ1n) is 14.7. The molecule has 1 nitrogen and oxygen atoms in total. The first-order valence-corrected chi connectivity index (χ1v) is 14.7. The summed E-state index contributed by atoms with van der Waals surface area (Å²) < 4.78 is 50.2. The Labute approximate surface area is 232 Å². The van der Waals surface area contributed by atoms with Gasteiger partial charge >= 0.3 is 0 Å². The van der Waals surface area contributed by atoms with Crippen LogP contribution in [0.3, 0.4) is 0 Å². The van der Waals surface area contributed by atoms with Crippen LogP contribution in [0.5, 0.6) is 5.75 Å². The van der Waals surface area contributed by atoms with Gasteiger partial charge in [-0.2, -0.15) is 4.39 Å². The van der Waals surface area contributed by atoms with Gasteiger partial charge in [-0.05, 0) is 72.1 Å². The molecule has 1 aliphatic carbocycles. The monoisotopic (exact) mass is 534 g/mol. The fourth-order valence-corrected chi connectivity index (χ4v) is 5.45. The highest BCUT2D eigenvalue weighted by Crippen LogP contribution is 2.36. The fraction of sp³-hybridized carbons (Fsp3) is 0.429. The standard InChI is InChI=1S/C35H41F3O/c1-3-5-7-9-23-39-33-22-21-31(34(37)35(33)38)28-17-15-27(16-18-28)30-20-19-29(24-32(30)36)26-13-11-25(12-14-26)10-8-6-4-2/h13,15-22,24-25H,3-12,14,23H2,1-2H3. The second-order valence-electron chi connectivity index (χ2n) is 10.8. The maximum absolute atomic E-state index is 15.2. The molecule has 39 heavy (non-hydrogen) atoms. The van der Waals surface area contributed by atoms with E-state index in [4.69, 9.17) is 4.74 Å². The summed E-state index contributed by atoms with van der Waals surface area (Å²) in [6.45, 7) is 4.72. The zero-order chi connectivity index (χ0) is 27.6. The molecule has 0 amide bonds. The zero-order valence-electron chi connectivity index (χ0n) is 23.4. The molecule has 0 radical (unpaired) electrons. The van der Waals surface area contributed by atoms with Gasteiger partial charge in [0.25, 0.3) is 0 Å². The number of ether oxygens (including phenoxy) is 1. The number of halogens is 3. The van der Waals surface area contributed by atoms with E-state index in [1.807, 2.05) is 12.1 Å². The SMILES string of the molecule is CCCCCCOc1ccc(-c2ccc(-c3ccc(C4=CCC(CCCCC)CC4)cc3F)cc2)c(F)c1F. The number of unbranched alkanes of at least 4 members (excludes halogenated alkanes) is 5. The Morgan fingerprint density at radius 2 is 1.38 bits per heavy atom. The highest BCUT2D eigenvalue weighted by molar-refractivity contribution is 5.74. The largest absolute Gasteiger partial charge is 0.490 e. The Kier molecular flexibility index (Phi) is 10.7. The molecule has 0 saturated heterocycles. The van der Waals surface area contributed by atoms with Crippen molar-refractivity contribution in [3.8, 4) is 28.0 Å². The smallest absolute Gasteiger partial charge is 0.201 e. The molecule has 3 aromatic carbocycles. The highest BCUT2D eigenvalue weighted by Gasteiger charge is 2.18. The van der Waals surface area contributed by atoms with Crippen LogP contribution in [0.25, 0.3) is 27.8 Å². The maximum Gasteiger partial charge on any atom is 0.201 e. The van der Waals surface area contributed by atoms with Crippen LogP contribution >= 0.6 is 0 Å². The molecule has 0 fully saturated rings. The lowest BCUT2D eigenvalue weighted by Gasteiger charge is -2.22. The first kappa shape index (κ1) is 29.0. The van der Waals surface area contributed by atoms with E-state index in [-0.39, 0.29) is 17.1 Å². The summed E-state index contributed by atoms with van der Waals surface area (Å²) in [4.78, 5) is 0. The van der Waals surface area contributed by atoms with Crippen molar-refractivity contribution in [2.24, 2.45) is 5.92 Å². The average molecular weight is 535 g/mol. The van der Waals surface area contributed by atoms with Crippen LogP contribution in [0.4, 0.5) is 13.2 Å². The average Bonchev–Trinajstić information content (AvgIpc) is 2.96. The molecule has 0 aromatic heterocycles. The van der Waals surface area contributed by atoms with Crippen molar-refractivity contribution in [2.45, 2.75) is 84.5 Å². The van der Waals surface area contributed by atoms with Crippen molar-refractivity contribution in [2.75, 3.05) is 6.61 Å². The normalized spacial score (nSPS) is 15.3. The molecular weight excluding hydrogens is 493 g/mol. The van der Waals surface area contributed by atoms with E-state index in [9.17, 15) is 8.78 Å². The van der Waals surface area contributed by atoms with Gasteiger partial charge in [0.1, 0.15) is 5.82 Å². The van der Waals surface area contributed by atoms with E-state index in [1.54, 1.807) is 30.3 Å². The molecule has 4 rings (SSSR count). The molecule has 0 aliphatic heterocycles. The second kappa shape index (κ2) is 14.4. The lowest BCUT2D eigenvalue weighted by atomic mass is 9.83. The van der Waals surface area contributed by atoms with E-state index in [2.05, 4.69) is 19.9 Å². The second-order valence-corrected chi connectivity index (χ2v) is 10.8. The minimum atomic E-state index is -0.974. The Hall–Kier alpha value is -3.01. The third-order valence-electron chi connectivity index (χ3n) is 7.88. The number of benzene rings is 3. The van der Waals surface area contributed by atoms with Crippen LogP contribution in [-0.4, -0.2) is 6.61 Å². The first-order chi connectivity index (χ1) is 19.0. The molecule has 4 heteroatoms. The van der Waals surface area contributed by atoms with E-state index < -0.39 is 11.6 Å². The Morgan fingerprint density at radius 1 is 0.718 bits per heavy atom. The number of allylic oxidation sites excluding steroid dienone is 2. The quantitative estimate of drug-likeness (QED) is 0.198.